The van der Waals surface area contributed by atoms with Gasteiger partial charge in [0.05, 0.1) is 0 Å². The Hall–Kier alpha value is -1.06. The zero-order valence-corrected chi connectivity index (χ0v) is 21.3. The quantitative estimate of drug-likeness (QED) is 0.412. The van der Waals surface area contributed by atoms with Crippen molar-refractivity contribution in [3.63, 3.8) is 0 Å². The summed E-state index contributed by atoms with van der Waals surface area (Å²) in [5, 5.41) is 0. The summed E-state index contributed by atoms with van der Waals surface area (Å²) < 4.78 is 0. The first-order chi connectivity index (χ1) is 16.1. The molecule has 182 valence electrons. The Balaban J connectivity index is 1.09. The van der Waals surface area contributed by atoms with Crippen LogP contribution in [-0.2, 0) is 0 Å². The van der Waals surface area contributed by atoms with Crippen LogP contribution in [0, 0.1) is 46.3 Å². The van der Waals surface area contributed by atoms with Gasteiger partial charge in [-0.2, -0.15) is 0 Å². The number of aliphatic imine (C=N–C) groups is 2. The van der Waals surface area contributed by atoms with E-state index >= 15 is 0 Å². The minimum Gasteiger partial charge on any atom is -0.358 e. The van der Waals surface area contributed by atoms with Crippen LogP contribution in [0.25, 0.3) is 0 Å². The highest BCUT2D eigenvalue weighted by Crippen LogP contribution is 2.62. The molecule has 0 spiro atoms. The Morgan fingerprint density at radius 3 is 1.09 bits per heavy atom. The molecule has 8 saturated carbocycles. The minimum atomic E-state index is 0.417. The second-order valence-electron chi connectivity index (χ2n) is 13.8. The molecule has 8 bridgehead atoms. The van der Waals surface area contributed by atoms with Gasteiger partial charge in [0.15, 0.2) is 0 Å². The molecule has 1 heterocycles. The van der Waals surface area contributed by atoms with Crippen molar-refractivity contribution in [3.8, 4) is 0 Å². The van der Waals surface area contributed by atoms with Crippen molar-refractivity contribution in [1.29, 1.82) is 0 Å². The van der Waals surface area contributed by atoms with Crippen LogP contribution in [-0.4, -0.2) is 61.7 Å². The lowest BCUT2D eigenvalue weighted by molar-refractivity contribution is -0.0193. The maximum atomic E-state index is 5.08. The molecule has 9 rings (SSSR count). The van der Waals surface area contributed by atoms with Gasteiger partial charge in [-0.3, -0.25) is 9.98 Å². The molecule has 0 aromatic rings. The first-order valence-corrected chi connectivity index (χ1v) is 14.5. The van der Waals surface area contributed by atoms with Crippen molar-refractivity contribution in [2.45, 2.75) is 83.5 Å². The largest absolute Gasteiger partial charge is 0.358 e. The van der Waals surface area contributed by atoms with Crippen LogP contribution in [0.4, 0.5) is 0 Å². The van der Waals surface area contributed by atoms with E-state index < -0.39 is 0 Å². The highest BCUT2D eigenvalue weighted by Gasteiger charge is 2.56. The minimum absolute atomic E-state index is 0.417. The first-order valence-electron chi connectivity index (χ1n) is 14.5. The lowest BCUT2D eigenvalue weighted by Gasteiger charge is -2.58. The van der Waals surface area contributed by atoms with Gasteiger partial charge >= 0.3 is 0 Å². The SMILES string of the molecule is CN=C(N1CCCN(C(=NC)C23CC4CC(CC(C4)C2)C3)CC1)C12CC3CC(CC(C3)C1)C2. The van der Waals surface area contributed by atoms with Crippen LogP contribution in [0.15, 0.2) is 9.98 Å². The summed E-state index contributed by atoms with van der Waals surface area (Å²) in [5.74, 6) is 8.97. The fraction of sp³-hybridized carbons (Fsp3) is 0.931. The smallest absolute Gasteiger partial charge is 0.105 e. The van der Waals surface area contributed by atoms with Crippen LogP contribution in [0.1, 0.15) is 83.5 Å². The van der Waals surface area contributed by atoms with Gasteiger partial charge in [-0.05, 0) is 119 Å². The van der Waals surface area contributed by atoms with Crippen molar-refractivity contribution >= 4 is 11.7 Å². The number of nitrogens with zero attached hydrogens (tertiary/aromatic N) is 4. The summed E-state index contributed by atoms with van der Waals surface area (Å²) in [6.45, 7) is 4.70. The highest BCUT2D eigenvalue weighted by atomic mass is 15.3. The van der Waals surface area contributed by atoms with Crippen molar-refractivity contribution in [1.82, 2.24) is 9.80 Å². The predicted octanol–water partition coefficient (Wildman–Crippen LogP) is 5.48. The molecule has 0 N–H and O–H groups in total. The topological polar surface area (TPSA) is 31.2 Å². The van der Waals surface area contributed by atoms with E-state index in [1.807, 2.05) is 0 Å². The molecule has 8 aliphatic carbocycles. The summed E-state index contributed by atoms with van der Waals surface area (Å²) in [6, 6.07) is 0. The number of amidine groups is 2. The highest BCUT2D eigenvalue weighted by molar-refractivity contribution is 5.90. The van der Waals surface area contributed by atoms with Crippen molar-refractivity contribution in [2.24, 2.45) is 56.3 Å². The van der Waals surface area contributed by atoms with Gasteiger partial charge in [-0.1, -0.05) is 0 Å². The molecular weight excluding hydrogens is 404 g/mol. The van der Waals surface area contributed by atoms with E-state index in [0.29, 0.717) is 10.8 Å². The molecule has 0 radical (unpaired) electrons. The molecule has 0 atom stereocenters. The standard InChI is InChI=1S/C29H46N4/c1-30-26(28-14-20-8-21(15-28)10-22(9-20)16-28)32-4-3-5-33(7-6-32)27(31-2)29-17-23-11-24(18-29)13-25(12-23)19-29/h20-25H,3-19H2,1-2H3. The van der Waals surface area contributed by atoms with Crippen molar-refractivity contribution in [3.05, 3.63) is 0 Å². The lowest BCUT2D eigenvalue weighted by Crippen LogP contribution is -2.56. The third-order valence-corrected chi connectivity index (χ3v) is 11.5. The number of rotatable bonds is 2. The molecule has 4 nitrogen and oxygen atoms in total. The van der Waals surface area contributed by atoms with E-state index in [1.165, 1.54) is 108 Å². The van der Waals surface area contributed by atoms with E-state index in [2.05, 4.69) is 23.9 Å². The maximum Gasteiger partial charge on any atom is 0.105 e. The molecule has 0 amide bonds. The lowest BCUT2D eigenvalue weighted by atomic mass is 9.49. The van der Waals surface area contributed by atoms with Gasteiger partial charge in [0, 0.05) is 51.1 Å². The van der Waals surface area contributed by atoms with E-state index in [0.717, 1.165) is 48.6 Å². The molecule has 4 heteroatoms. The molecule has 1 aliphatic heterocycles. The van der Waals surface area contributed by atoms with Gasteiger partial charge in [0.2, 0.25) is 0 Å². The third kappa shape index (κ3) is 3.35. The normalized spacial score (nSPS) is 49.2. The van der Waals surface area contributed by atoms with Gasteiger partial charge in [0.25, 0.3) is 0 Å². The van der Waals surface area contributed by atoms with Crippen LogP contribution in [0.3, 0.4) is 0 Å². The van der Waals surface area contributed by atoms with E-state index in [-0.39, 0.29) is 0 Å². The molecule has 1 saturated heterocycles. The Kier molecular flexibility index (Phi) is 4.97. The zero-order valence-electron chi connectivity index (χ0n) is 21.3. The van der Waals surface area contributed by atoms with Crippen molar-refractivity contribution < 1.29 is 0 Å². The zero-order chi connectivity index (χ0) is 22.2. The van der Waals surface area contributed by atoms with Crippen LogP contribution < -0.4 is 0 Å². The summed E-state index contributed by atoms with van der Waals surface area (Å²) in [5.41, 5.74) is 0.834. The Morgan fingerprint density at radius 1 is 0.515 bits per heavy atom. The summed E-state index contributed by atoms with van der Waals surface area (Å²) in [6.07, 6.45) is 19.0. The van der Waals surface area contributed by atoms with Crippen LogP contribution in [0.5, 0.6) is 0 Å². The molecule has 0 aromatic carbocycles. The Labute approximate surface area is 201 Å². The average molecular weight is 451 g/mol. The monoisotopic (exact) mass is 450 g/mol. The molecule has 33 heavy (non-hydrogen) atoms. The van der Waals surface area contributed by atoms with E-state index in [4.69, 9.17) is 9.98 Å². The fourth-order valence-electron chi connectivity index (χ4n) is 11.5. The molecule has 9 fully saturated rings. The molecule has 9 aliphatic rings. The second kappa shape index (κ2) is 7.72. The Bertz CT molecular complexity index is 702. The van der Waals surface area contributed by atoms with Gasteiger partial charge in [-0.15, -0.1) is 0 Å². The first kappa shape index (κ1) is 21.2. The summed E-state index contributed by atoms with van der Waals surface area (Å²) >= 11 is 0. The van der Waals surface area contributed by atoms with E-state index in [9.17, 15) is 0 Å². The fourth-order valence-corrected chi connectivity index (χ4v) is 11.5. The summed E-state index contributed by atoms with van der Waals surface area (Å²) in [7, 11) is 4.20. The second-order valence-corrected chi connectivity index (χ2v) is 13.8. The predicted molar refractivity (Wildman–Crippen MR) is 136 cm³/mol. The number of hydrogen-bond acceptors (Lipinski definition) is 2. The van der Waals surface area contributed by atoms with E-state index in [1.54, 1.807) is 0 Å². The third-order valence-electron chi connectivity index (χ3n) is 11.5. The molecular formula is C29H46N4. The Morgan fingerprint density at radius 2 is 0.818 bits per heavy atom. The van der Waals surface area contributed by atoms with Crippen LogP contribution in [0.2, 0.25) is 0 Å². The number of hydrogen-bond donors (Lipinski definition) is 0. The summed E-state index contributed by atoms with van der Waals surface area (Å²) in [4.78, 5) is 15.7. The maximum absolute atomic E-state index is 5.08. The molecule has 0 unspecified atom stereocenters. The van der Waals surface area contributed by atoms with Gasteiger partial charge < -0.3 is 9.80 Å². The van der Waals surface area contributed by atoms with Gasteiger partial charge in [-0.25, -0.2) is 0 Å². The molecule has 0 aromatic heterocycles. The van der Waals surface area contributed by atoms with Gasteiger partial charge in [0.1, 0.15) is 11.7 Å². The van der Waals surface area contributed by atoms with Crippen molar-refractivity contribution in [2.75, 3.05) is 40.3 Å². The van der Waals surface area contributed by atoms with Crippen LogP contribution >= 0.6 is 0 Å². The average Bonchev–Trinajstić information content (AvgIpc) is 2.98.